The number of nitrogens with one attached hydrogen (secondary N) is 1. The van der Waals surface area contributed by atoms with Gasteiger partial charge in [-0.05, 0) is 42.2 Å². The first-order valence-electron chi connectivity index (χ1n) is 11.9. The third-order valence-corrected chi connectivity index (χ3v) is 7.84. The number of benzene rings is 2. The topological polar surface area (TPSA) is 49.8 Å². The van der Waals surface area contributed by atoms with Gasteiger partial charge in [0.15, 0.2) is 5.84 Å². The van der Waals surface area contributed by atoms with E-state index in [4.69, 9.17) is 14.7 Å². The standard InChI is InChI=1S/C27H32N4OS/c1-18(2)27-30-25-24(33-27)16-20-6-4-5-7-23(20)29-26(25)31-15-14-28-21(17-31)11-8-19-9-12-22(32-3)13-10-19/h4-7,9-10,12-13,18,21,28H,8,11,14-17H2,1-3H3. The van der Waals surface area contributed by atoms with Crippen molar-refractivity contribution >= 4 is 22.9 Å². The van der Waals surface area contributed by atoms with Gasteiger partial charge in [-0.1, -0.05) is 44.2 Å². The van der Waals surface area contributed by atoms with Crippen LogP contribution in [0.1, 0.15) is 52.9 Å². The lowest BCUT2D eigenvalue weighted by Crippen LogP contribution is -2.53. The van der Waals surface area contributed by atoms with E-state index in [0.717, 1.165) is 61.9 Å². The van der Waals surface area contributed by atoms with E-state index in [9.17, 15) is 0 Å². The summed E-state index contributed by atoms with van der Waals surface area (Å²) in [4.78, 5) is 14.1. The lowest BCUT2D eigenvalue weighted by atomic mass is 10.0. The number of aryl methyl sites for hydroxylation is 1. The molecule has 0 aliphatic carbocycles. The molecule has 1 saturated heterocycles. The Morgan fingerprint density at radius 3 is 2.76 bits per heavy atom. The minimum absolute atomic E-state index is 0.425. The molecule has 172 valence electrons. The number of aliphatic imine (C=N–C) groups is 1. The van der Waals surface area contributed by atoms with Gasteiger partial charge in [0, 0.05) is 42.9 Å². The highest BCUT2D eigenvalue weighted by Crippen LogP contribution is 2.34. The Hall–Kier alpha value is -2.70. The molecule has 2 aromatic carbocycles. The number of piperazine rings is 1. The van der Waals surface area contributed by atoms with Gasteiger partial charge in [0.05, 0.1) is 17.8 Å². The lowest BCUT2D eigenvalue weighted by molar-refractivity contribution is 0.282. The molecule has 1 aromatic heterocycles. The molecule has 1 fully saturated rings. The van der Waals surface area contributed by atoms with Gasteiger partial charge in [-0.15, -0.1) is 11.3 Å². The Bertz CT molecular complexity index is 1140. The third kappa shape index (κ3) is 4.82. The van der Waals surface area contributed by atoms with E-state index in [1.807, 2.05) is 23.5 Å². The Kier molecular flexibility index (Phi) is 6.47. The van der Waals surface area contributed by atoms with E-state index in [2.05, 4.69) is 60.5 Å². The molecule has 6 heteroatoms. The maximum atomic E-state index is 5.29. The number of thiazole rings is 1. The molecule has 5 rings (SSSR count). The van der Waals surface area contributed by atoms with Crippen LogP contribution in [0.5, 0.6) is 5.75 Å². The number of para-hydroxylation sites is 1. The number of fused-ring (bicyclic) bond motifs is 2. The second kappa shape index (κ2) is 9.65. The molecule has 2 aliphatic heterocycles. The van der Waals surface area contributed by atoms with Crippen LogP contribution in [0.2, 0.25) is 0 Å². The SMILES string of the molecule is COc1ccc(CCC2CN(C3=Nc4ccccc4Cc4sc(C(C)C)nc43)CCN2)cc1. The molecule has 0 amide bonds. The van der Waals surface area contributed by atoms with Crippen molar-refractivity contribution in [3.05, 3.63) is 75.2 Å². The van der Waals surface area contributed by atoms with Crippen molar-refractivity contribution in [2.45, 2.75) is 45.1 Å². The van der Waals surface area contributed by atoms with Gasteiger partial charge in [0.2, 0.25) is 0 Å². The summed E-state index contributed by atoms with van der Waals surface area (Å²) in [5, 5.41) is 4.93. The average Bonchev–Trinajstić information content (AvgIpc) is 3.20. The van der Waals surface area contributed by atoms with E-state index < -0.39 is 0 Å². The van der Waals surface area contributed by atoms with E-state index in [1.165, 1.54) is 21.0 Å². The summed E-state index contributed by atoms with van der Waals surface area (Å²) < 4.78 is 5.29. The number of methoxy groups -OCH3 is 1. The van der Waals surface area contributed by atoms with Gasteiger partial charge in [0.25, 0.3) is 0 Å². The van der Waals surface area contributed by atoms with Gasteiger partial charge < -0.3 is 15.0 Å². The fourth-order valence-electron chi connectivity index (χ4n) is 4.59. The zero-order valence-electron chi connectivity index (χ0n) is 19.7. The first-order chi connectivity index (χ1) is 16.1. The van der Waals surface area contributed by atoms with Crippen LogP contribution in [0.25, 0.3) is 0 Å². The van der Waals surface area contributed by atoms with Crippen LogP contribution in [-0.2, 0) is 12.8 Å². The van der Waals surface area contributed by atoms with Crippen molar-refractivity contribution < 1.29 is 4.74 Å². The first-order valence-corrected chi connectivity index (χ1v) is 12.7. The van der Waals surface area contributed by atoms with Crippen LogP contribution in [0.3, 0.4) is 0 Å². The van der Waals surface area contributed by atoms with Crippen LogP contribution in [0.4, 0.5) is 5.69 Å². The number of ether oxygens (including phenoxy) is 1. The van der Waals surface area contributed by atoms with Gasteiger partial charge in [-0.2, -0.15) is 0 Å². The Morgan fingerprint density at radius 1 is 1.15 bits per heavy atom. The lowest BCUT2D eigenvalue weighted by Gasteiger charge is -2.35. The summed E-state index contributed by atoms with van der Waals surface area (Å²) in [5.74, 6) is 2.39. The maximum absolute atomic E-state index is 5.29. The van der Waals surface area contributed by atoms with Crippen molar-refractivity contribution in [3.8, 4) is 5.75 Å². The molecule has 1 atom stereocenters. The van der Waals surface area contributed by atoms with Crippen molar-refractivity contribution in [2.24, 2.45) is 4.99 Å². The fourth-order valence-corrected chi connectivity index (χ4v) is 5.67. The molecule has 0 bridgehead atoms. The Morgan fingerprint density at radius 2 is 1.97 bits per heavy atom. The molecule has 2 aliphatic rings. The summed E-state index contributed by atoms with van der Waals surface area (Å²) in [5.41, 5.74) is 4.81. The number of rotatable bonds is 5. The van der Waals surface area contributed by atoms with Gasteiger partial charge in [-0.3, -0.25) is 0 Å². The fraction of sp³-hybridized carbons (Fsp3) is 0.407. The molecule has 1 N–H and O–H groups in total. The number of amidine groups is 1. The van der Waals surface area contributed by atoms with Crippen molar-refractivity contribution in [1.29, 1.82) is 0 Å². The molecule has 5 nitrogen and oxygen atoms in total. The van der Waals surface area contributed by atoms with Crippen LogP contribution in [0.15, 0.2) is 53.5 Å². The van der Waals surface area contributed by atoms with E-state index in [1.54, 1.807) is 7.11 Å². The zero-order chi connectivity index (χ0) is 22.8. The number of hydrogen-bond donors (Lipinski definition) is 1. The Labute approximate surface area is 200 Å². The van der Waals surface area contributed by atoms with Crippen molar-refractivity contribution in [3.63, 3.8) is 0 Å². The monoisotopic (exact) mass is 460 g/mol. The van der Waals surface area contributed by atoms with Crippen LogP contribution in [0, 0.1) is 0 Å². The molecule has 1 unspecified atom stereocenters. The van der Waals surface area contributed by atoms with Crippen LogP contribution in [-0.4, -0.2) is 48.5 Å². The minimum atomic E-state index is 0.425. The first kappa shape index (κ1) is 22.1. The summed E-state index contributed by atoms with van der Waals surface area (Å²) in [6, 6.07) is 17.4. The number of hydrogen-bond acceptors (Lipinski definition) is 6. The van der Waals surface area contributed by atoms with Crippen molar-refractivity contribution in [1.82, 2.24) is 15.2 Å². The largest absolute Gasteiger partial charge is 0.497 e. The molecular formula is C27H32N4OS. The molecule has 3 aromatic rings. The van der Waals surface area contributed by atoms with E-state index in [-0.39, 0.29) is 0 Å². The zero-order valence-corrected chi connectivity index (χ0v) is 20.5. The summed E-state index contributed by atoms with van der Waals surface area (Å²) in [6.45, 7) is 7.31. The van der Waals surface area contributed by atoms with Crippen LogP contribution >= 0.6 is 11.3 Å². The molecule has 0 saturated carbocycles. The van der Waals surface area contributed by atoms with Gasteiger partial charge >= 0.3 is 0 Å². The molecule has 0 spiro atoms. The summed E-state index contributed by atoms with van der Waals surface area (Å²) in [6.07, 6.45) is 3.05. The number of aromatic nitrogens is 1. The Balaban J connectivity index is 1.38. The molecule has 33 heavy (non-hydrogen) atoms. The predicted molar refractivity (Wildman–Crippen MR) is 136 cm³/mol. The highest BCUT2D eigenvalue weighted by Gasteiger charge is 2.29. The smallest absolute Gasteiger partial charge is 0.156 e. The second-order valence-electron chi connectivity index (χ2n) is 9.20. The highest BCUT2D eigenvalue weighted by molar-refractivity contribution is 7.12. The highest BCUT2D eigenvalue weighted by atomic mass is 32.1. The molecular weight excluding hydrogens is 428 g/mol. The van der Waals surface area contributed by atoms with Gasteiger partial charge in [-0.25, -0.2) is 9.98 Å². The van der Waals surface area contributed by atoms with E-state index in [0.29, 0.717) is 12.0 Å². The molecule has 3 heterocycles. The molecule has 0 radical (unpaired) electrons. The second-order valence-corrected chi connectivity index (χ2v) is 10.3. The van der Waals surface area contributed by atoms with E-state index >= 15 is 0 Å². The normalized spacial score (nSPS) is 17.9. The number of nitrogens with zero attached hydrogens (tertiary/aromatic N) is 3. The third-order valence-electron chi connectivity index (χ3n) is 6.48. The summed E-state index contributed by atoms with van der Waals surface area (Å²) in [7, 11) is 1.71. The van der Waals surface area contributed by atoms with Gasteiger partial charge in [0.1, 0.15) is 11.4 Å². The maximum Gasteiger partial charge on any atom is 0.156 e. The summed E-state index contributed by atoms with van der Waals surface area (Å²) >= 11 is 1.85. The average molecular weight is 461 g/mol. The van der Waals surface area contributed by atoms with Crippen LogP contribution < -0.4 is 10.1 Å². The minimum Gasteiger partial charge on any atom is -0.497 e. The quantitative estimate of drug-likeness (QED) is 0.571. The van der Waals surface area contributed by atoms with Crippen molar-refractivity contribution in [2.75, 3.05) is 26.7 Å². The predicted octanol–water partition coefficient (Wildman–Crippen LogP) is 5.16.